The minimum atomic E-state index is -0.567. The van der Waals surface area contributed by atoms with Crippen LogP contribution in [0.3, 0.4) is 0 Å². The van der Waals surface area contributed by atoms with Crippen LogP contribution in [0.4, 0.5) is 0 Å². The molecule has 0 rings (SSSR count). The Morgan fingerprint density at radius 2 is 1.92 bits per heavy atom. The van der Waals surface area contributed by atoms with Crippen LogP contribution in [0, 0.1) is 0 Å². The molecule has 1 atom stereocenters. The van der Waals surface area contributed by atoms with Crippen LogP contribution < -0.4 is 5.32 Å². The van der Waals surface area contributed by atoms with Crippen LogP contribution in [0.25, 0.3) is 0 Å². The van der Waals surface area contributed by atoms with E-state index in [4.69, 9.17) is 5.11 Å². The molecule has 3 heteroatoms. The van der Waals surface area contributed by atoms with E-state index in [0.717, 1.165) is 0 Å². The van der Waals surface area contributed by atoms with Gasteiger partial charge in [0.1, 0.15) is 0 Å². The van der Waals surface area contributed by atoms with Gasteiger partial charge in [-0.2, -0.15) is 0 Å². The molecule has 0 aliphatic rings. The largest absolute Gasteiger partial charge is 0.389 e. The minimum Gasteiger partial charge on any atom is -0.389 e. The quantitative estimate of drug-likeness (QED) is 0.618. The number of amides is 1. The Morgan fingerprint density at radius 3 is 2.25 bits per heavy atom. The highest BCUT2D eigenvalue weighted by Crippen LogP contribution is 1.96. The first-order valence-electron chi connectivity index (χ1n) is 4.11. The molecule has 0 radical (unpaired) electrons. The summed E-state index contributed by atoms with van der Waals surface area (Å²) in [7, 11) is 0. The van der Waals surface area contributed by atoms with Gasteiger partial charge >= 0.3 is 0 Å². The van der Waals surface area contributed by atoms with Crippen LogP contribution in [0.1, 0.15) is 27.7 Å². The van der Waals surface area contributed by atoms with Crippen LogP contribution in [0.15, 0.2) is 11.6 Å². The Balaban J connectivity index is 4.10. The fourth-order valence-corrected chi connectivity index (χ4v) is 0.814. The monoisotopic (exact) mass is 171 g/mol. The van der Waals surface area contributed by atoms with Crippen molar-refractivity contribution in [1.82, 2.24) is 5.32 Å². The first-order chi connectivity index (χ1) is 5.43. The summed E-state index contributed by atoms with van der Waals surface area (Å²) < 4.78 is 0. The minimum absolute atomic E-state index is 0.120. The first-order valence-corrected chi connectivity index (χ1v) is 4.11. The van der Waals surface area contributed by atoms with Crippen molar-refractivity contribution in [1.29, 1.82) is 0 Å². The maximum atomic E-state index is 11.2. The molecular weight excluding hydrogens is 154 g/mol. The number of hydrogen-bond acceptors (Lipinski definition) is 2. The lowest BCUT2D eigenvalue weighted by Crippen LogP contribution is -2.30. The van der Waals surface area contributed by atoms with E-state index in [9.17, 15) is 4.79 Å². The lowest BCUT2D eigenvalue weighted by atomic mass is 10.2. The molecule has 0 heterocycles. The summed E-state index contributed by atoms with van der Waals surface area (Å²) in [6.07, 6.45) is 0.959. The van der Waals surface area contributed by atoms with E-state index in [2.05, 4.69) is 5.32 Å². The van der Waals surface area contributed by atoms with E-state index in [1.807, 2.05) is 13.8 Å². The smallest absolute Gasteiger partial charge is 0.246 e. The predicted octanol–water partition coefficient (Wildman–Crippen LogP) is 0.838. The first kappa shape index (κ1) is 11.2. The molecule has 1 amide bonds. The molecule has 0 fully saturated rings. The summed E-state index contributed by atoms with van der Waals surface area (Å²) in [5, 5.41) is 11.7. The van der Waals surface area contributed by atoms with Crippen LogP contribution in [0.2, 0.25) is 0 Å². The van der Waals surface area contributed by atoms with Crippen LogP contribution in [0.5, 0.6) is 0 Å². The van der Waals surface area contributed by atoms with E-state index in [-0.39, 0.29) is 11.9 Å². The maximum Gasteiger partial charge on any atom is 0.246 e. The van der Waals surface area contributed by atoms with Crippen LogP contribution >= 0.6 is 0 Å². The lowest BCUT2D eigenvalue weighted by molar-refractivity contribution is -0.118. The van der Waals surface area contributed by atoms with E-state index < -0.39 is 6.10 Å². The van der Waals surface area contributed by atoms with Crippen LogP contribution in [-0.2, 0) is 4.79 Å². The van der Waals surface area contributed by atoms with Gasteiger partial charge in [0.25, 0.3) is 0 Å². The summed E-state index contributed by atoms with van der Waals surface area (Å²) in [4.78, 5) is 11.2. The van der Waals surface area contributed by atoms with E-state index in [1.54, 1.807) is 13.8 Å². The molecule has 0 bridgehead atoms. The van der Waals surface area contributed by atoms with Gasteiger partial charge in [-0.1, -0.05) is 0 Å². The molecule has 0 saturated carbocycles. The highest BCUT2D eigenvalue weighted by atomic mass is 16.3. The predicted molar refractivity (Wildman–Crippen MR) is 48.7 cm³/mol. The summed E-state index contributed by atoms with van der Waals surface area (Å²) in [5.74, 6) is -0.120. The number of carbonyl (C=O) groups is 1. The van der Waals surface area contributed by atoms with E-state index in [1.165, 1.54) is 6.08 Å². The summed E-state index contributed by atoms with van der Waals surface area (Å²) in [5.41, 5.74) is 0.554. The fraction of sp³-hybridized carbons (Fsp3) is 0.667. The molecule has 0 aliphatic heterocycles. The zero-order chi connectivity index (χ0) is 9.72. The van der Waals surface area contributed by atoms with Crippen molar-refractivity contribution in [2.24, 2.45) is 0 Å². The molecule has 3 nitrogen and oxygen atoms in total. The van der Waals surface area contributed by atoms with Crippen molar-refractivity contribution in [2.75, 3.05) is 0 Å². The standard InChI is InChI=1S/C9H17NO2/c1-6(2)10-9(12)7(3)5-8(4)11/h5-6,8,11H,1-4H3,(H,10,12)/b7-5+. The molecule has 1 unspecified atom stereocenters. The zero-order valence-electron chi connectivity index (χ0n) is 8.09. The Hall–Kier alpha value is -0.830. The Kier molecular flexibility index (Phi) is 4.59. The Labute approximate surface area is 73.5 Å². The van der Waals surface area contributed by atoms with Crippen molar-refractivity contribution in [3.63, 3.8) is 0 Å². The number of hydrogen-bond donors (Lipinski definition) is 2. The van der Waals surface area contributed by atoms with Crippen LogP contribution in [-0.4, -0.2) is 23.2 Å². The molecule has 0 aromatic carbocycles. The average molecular weight is 171 g/mol. The maximum absolute atomic E-state index is 11.2. The second-order valence-corrected chi connectivity index (χ2v) is 3.22. The summed E-state index contributed by atoms with van der Waals surface area (Å²) >= 11 is 0. The summed E-state index contributed by atoms with van der Waals surface area (Å²) in [6.45, 7) is 7.09. The molecule has 0 aliphatic carbocycles. The molecule has 0 aromatic rings. The number of rotatable bonds is 3. The third kappa shape index (κ3) is 4.91. The van der Waals surface area contributed by atoms with Crippen molar-refractivity contribution >= 4 is 5.91 Å². The van der Waals surface area contributed by atoms with E-state index in [0.29, 0.717) is 5.57 Å². The highest BCUT2D eigenvalue weighted by Gasteiger charge is 2.05. The van der Waals surface area contributed by atoms with Gasteiger partial charge in [0.05, 0.1) is 6.10 Å². The third-order valence-electron chi connectivity index (χ3n) is 1.27. The molecule has 12 heavy (non-hydrogen) atoms. The lowest BCUT2D eigenvalue weighted by Gasteiger charge is -2.08. The highest BCUT2D eigenvalue weighted by molar-refractivity contribution is 5.92. The van der Waals surface area contributed by atoms with Gasteiger partial charge in [0, 0.05) is 11.6 Å². The molecule has 0 aromatic heterocycles. The molecule has 2 N–H and O–H groups in total. The van der Waals surface area contributed by atoms with Gasteiger partial charge in [-0.25, -0.2) is 0 Å². The van der Waals surface area contributed by atoms with Crippen molar-refractivity contribution in [2.45, 2.75) is 39.8 Å². The normalized spacial score (nSPS) is 14.7. The topological polar surface area (TPSA) is 49.3 Å². The zero-order valence-corrected chi connectivity index (χ0v) is 8.09. The van der Waals surface area contributed by atoms with Crippen molar-refractivity contribution < 1.29 is 9.90 Å². The van der Waals surface area contributed by atoms with Crippen molar-refractivity contribution in [3.8, 4) is 0 Å². The van der Waals surface area contributed by atoms with Gasteiger partial charge in [-0.15, -0.1) is 0 Å². The van der Waals surface area contributed by atoms with Gasteiger partial charge < -0.3 is 10.4 Å². The second-order valence-electron chi connectivity index (χ2n) is 3.22. The number of aliphatic hydroxyl groups excluding tert-OH is 1. The Bertz CT molecular complexity index is 183. The average Bonchev–Trinajstić information content (AvgIpc) is 1.84. The Morgan fingerprint density at radius 1 is 1.42 bits per heavy atom. The molecule has 70 valence electrons. The molecule has 0 spiro atoms. The third-order valence-corrected chi connectivity index (χ3v) is 1.27. The van der Waals surface area contributed by atoms with Gasteiger partial charge in [0.15, 0.2) is 0 Å². The van der Waals surface area contributed by atoms with Crippen molar-refractivity contribution in [3.05, 3.63) is 11.6 Å². The fourth-order valence-electron chi connectivity index (χ4n) is 0.814. The number of nitrogens with one attached hydrogen (secondary N) is 1. The molecule has 0 saturated heterocycles. The summed E-state index contributed by atoms with van der Waals surface area (Å²) in [6, 6.07) is 0.134. The number of carbonyl (C=O) groups excluding carboxylic acids is 1. The van der Waals surface area contributed by atoms with Gasteiger partial charge in [-0.05, 0) is 33.8 Å². The second kappa shape index (κ2) is 4.93. The van der Waals surface area contributed by atoms with Gasteiger partial charge in [0.2, 0.25) is 5.91 Å². The number of aliphatic hydroxyl groups is 1. The molecular formula is C9H17NO2. The van der Waals surface area contributed by atoms with Gasteiger partial charge in [-0.3, -0.25) is 4.79 Å². The SMILES string of the molecule is C/C(=C\C(C)O)C(=O)NC(C)C. The van der Waals surface area contributed by atoms with E-state index >= 15 is 0 Å².